The molecule has 1 heterocycles. The molecule has 3 aromatic rings. The number of phenolic OH excluding ortho intramolecular Hbond substituents is 1. The lowest BCUT2D eigenvalue weighted by molar-refractivity contribution is 0.474. The molecular formula is C17H12BrCl2N3OS. The first-order chi connectivity index (χ1) is 12.0. The van der Waals surface area contributed by atoms with Crippen LogP contribution in [0.1, 0.15) is 5.56 Å². The Kier molecular flexibility index (Phi) is 5.64. The zero-order valence-corrected chi connectivity index (χ0v) is 16.9. The summed E-state index contributed by atoms with van der Waals surface area (Å²) in [7, 11) is 1.70. The Morgan fingerprint density at radius 2 is 2.00 bits per heavy atom. The highest BCUT2D eigenvalue weighted by molar-refractivity contribution is 9.10. The van der Waals surface area contributed by atoms with E-state index in [2.05, 4.69) is 26.0 Å². The zero-order chi connectivity index (χ0) is 18.0. The third kappa shape index (κ3) is 3.98. The van der Waals surface area contributed by atoms with Crippen molar-refractivity contribution in [3.05, 3.63) is 66.7 Å². The van der Waals surface area contributed by atoms with Crippen molar-refractivity contribution in [1.82, 2.24) is 4.68 Å². The number of nitrogens with zero attached hydrogens (tertiary/aromatic N) is 3. The summed E-state index contributed by atoms with van der Waals surface area (Å²) in [5.41, 5.74) is 2.18. The molecular weight excluding hydrogens is 445 g/mol. The van der Waals surface area contributed by atoms with Crippen LogP contribution in [0.2, 0.25) is 10.0 Å². The normalized spacial score (nSPS) is 12.2. The first-order valence-corrected chi connectivity index (χ1v) is 9.54. The molecule has 0 aliphatic heterocycles. The first kappa shape index (κ1) is 18.2. The van der Waals surface area contributed by atoms with Gasteiger partial charge >= 0.3 is 0 Å². The molecule has 0 saturated carbocycles. The minimum absolute atomic E-state index is 0.142. The second kappa shape index (κ2) is 7.74. The number of rotatable bonds is 3. The van der Waals surface area contributed by atoms with Crippen LogP contribution in [-0.4, -0.2) is 23.0 Å². The molecule has 0 saturated heterocycles. The number of aromatic hydroxyl groups is 1. The largest absolute Gasteiger partial charge is 0.507 e. The van der Waals surface area contributed by atoms with Gasteiger partial charge in [-0.05, 0) is 36.4 Å². The summed E-state index contributed by atoms with van der Waals surface area (Å²) in [6, 6.07) is 10.4. The Morgan fingerprint density at radius 3 is 2.72 bits per heavy atom. The van der Waals surface area contributed by atoms with Gasteiger partial charge in [0.25, 0.3) is 0 Å². The lowest BCUT2D eigenvalue weighted by atomic mass is 10.2. The van der Waals surface area contributed by atoms with Crippen molar-refractivity contribution in [3.63, 3.8) is 0 Å². The van der Waals surface area contributed by atoms with E-state index in [9.17, 15) is 5.11 Å². The lowest BCUT2D eigenvalue weighted by Crippen LogP contribution is -2.11. The van der Waals surface area contributed by atoms with Gasteiger partial charge < -0.3 is 5.11 Å². The van der Waals surface area contributed by atoms with Gasteiger partial charge in [0, 0.05) is 33.0 Å². The van der Waals surface area contributed by atoms with Crippen LogP contribution < -0.4 is 4.80 Å². The number of phenols is 1. The molecule has 128 valence electrons. The molecule has 0 aliphatic carbocycles. The molecule has 1 N–H and O–H groups in total. The van der Waals surface area contributed by atoms with E-state index in [0.29, 0.717) is 20.4 Å². The quantitative estimate of drug-likeness (QED) is 0.526. The summed E-state index contributed by atoms with van der Waals surface area (Å²) < 4.78 is 2.53. The Bertz CT molecular complexity index is 1030. The molecule has 1 aromatic heterocycles. The molecule has 0 fully saturated rings. The van der Waals surface area contributed by atoms with Crippen molar-refractivity contribution in [2.45, 2.75) is 0 Å². The predicted molar refractivity (Wildman–Crippen MR) is 108 cm³/mol. The molecule has 0 radical (unpaired) electrons. The summed E-state index contributed by atoms with van der Waals surface area (Å²) in [5, 5.41) is 17.5. The average Bonchev–Trinajstić information content (AvgIpc) is 2.98. The summed E-state index contributed by atoms with van der Waals surface area (Å²) in [6.07, 6.45) is 1.58. The van der Waals surface area contributed by atoms with E-state index in [-0.39, 0.29) is 5.75 Å². The van der Waals surface area contributed by atoms with Gasteiger partial charge in [-0.3, -0.25) is 4.99 Å². The van der Waals surface area contributed by atoms with Crippen molar-refractivity contribution in [2.75, 3.05) is 7.05 Å². The van der Waals surface area contributed by atoms with Crippen LogP contribution in [0.15, 0.2) is 56.3 Å². The molecule has 0 bridgehead atoms. The molecule has 3 rings (SSSR count). The molecule has 2 aromatic carbocycles. The van der Waals surface area contributed by atoms with Gasteiger partial charge in [-0.25, -0.2) is 4.68 Å². The number of hydrogen-bond acceptors (Lipinski definition) is 4. The fourth-order valence-electron chi connectivity index (χ4n) is 2.19. The van der Waals surface area contributed by atoms with Crippen LogP contribution in [0, 0.1) is 0 Å². The van der Waals surface area contributed by atoms with Crippen LogP contribution in [0.25, 0.3) is 11.3 Å². The van der Waals surface area contributed by atoms with Gasteiger partial charge in [0.2, 0.25) is 4.80 Å². The maximum atomic E-state index is 9.97. The predicted octanol–water partition coefficient (Wildman–Crippen LogP) is 5.40. The van der Waals surface area contributed by atoms with E-state index in [0.717, 1.165) is 15.7 Å². The van der Waals surface area contributed by atoms with Gasteiger partial charge in [0.05, 0.1) is 16.9 Å². The average molecular weight is 457 g/mol. The van der Waals surface area contributed by atoms with Gasteiger partial charge in [0.1, 0.15) is 5.75 Å². The van der Waals surface area contributed by atoms with Gasteiger partial charge in [-0.15, -0.1) is 11.3 Å². The highest BCUT2D eigenvalue weighted by Crippen LogP contribution is 2.30. The van der Waals surface area contributed by atoms with Crippen molar-refractivity contribution in [2.24, 2.45) is 10.1 Å². The highest BCUT2D eigenvalue weighted by atomic mass is 79.9. The molecule has 0 unspecified atom stereocenters. The van der Waals surface area contributed by atoms with Crippen LogP contribution in [-0.2, 0) is 0 Å². The van der Waals surface area contributed by atoms with Crippen LogP contribution in [0.3, 0.4) is 0 Å². The monoisotopic (exact) mass is 455 g/mol. The number of hydrogen-bond donors (Lipinski definition) is 1. The van der Waals surface area contributed by atoms with Crippen molar-refractivity contribution >= 4 is 56.7 Å². The second-order valence-corrected chi connectivity index (χ2v) is 7.61. The number of thiazole rings is 1. The van der Waals surface area contributed by atoms with Gasteiger partial charge in [0.15, 0.2) is 0 Å². The van der Waals surface area contributed by atoms with Crippen LogP contribution >= 0.6 is 50.5 Å². The second-order valence-electron chi connectivity index (χ2n) is 5.01. The Morgan fingerprint density at radius 1 is 1.20 bits per heavy atom. The molecule has 0 spiro atoms. The Labute approximate surface area is 166 Å². The van der Waals surface area contributed by atoms with Crippen LogP contribution in [0.4, 0.5) is 0 Å². The lowest BCUT2D eigenvalue weighted by Gasteiger charge is -2.06. The van der Waals surface area contributed by atoms with E-state index in [4.69, 9.17) is 23.2 Å². The summed E-state index contributed by atoms with van der Waals surface area (Å²) >= 11 is 17.1. The van der Waals surface area contributed by atoms with E-state index in [1.165, 1.54) is 11.3 Å². The Balaban J connectivity index is 2.11. The maximum Gasteiger partial charge on any atom is 0.205 e. The molecule has 0 amide bonds. The third-order valence-electron chi connectivity index (χ3n) is 3.39. The molecule has 0 atom stereocenters. The Hall–Kier alpha value is -1.60. The van der Waals surface area contributed by atoms with E-state index in [1.807, 2.05) is 11.4 Å². The number of halogens is 3. The number of benzene rings is 2. The van der Waals surface area contributed by atoms with E-state index >= 15 is 0 Å². The third-order valence-corrected chi connectivity index (χ3v) is 5.33. The standard InChI is InChI=1S/C17H12BrCl2N3OS/c1-21-17-23(22-8-10-6-11(18)2-5-16(10)24)15(9-25-17)13-4-3-12(19)7-14(13)20/h2-9,24H,1H3. The van der Waals surface area contributed by atoms with Gasteiger partial charge in [-0.2, -0.15) is 5.10 Å². The highest BCUT2D eigenvalue weighted by Gasteiger charge is 2.11. The van der Waals surface area contributed by atoms with Crippen molar-refractivity contribution < 1.29 is 5.11 Å². The van der Waals surface area contributed by atoms with Gasteiger partial charge in [-0.1, -0.05) is 39.1 Å². The molecule has 25 heavy (non-hydrogen) atoms. The van der Waals surface area contributed by atoms with Crippen molar-refractivity contribution in [1.29, 1.82) is 0 Å². The fraction of sp³-hybridized carbons (Fsp3) is 0.0588. The molecule has 4 nitrogen and oxygen atoms in total. The number of aromatic nitrogens is 1. The molecule has 8 heteroatoms. The minimum Gasteiger partial charge on any atom is -0.507 e. The fourth-order valence-corrected chi connectivity index (χ4v) is 3.87. The molecule has 0 aliphatic rings. The van der Waals surface area contributed by atoms with E-state index < -0.39 is 0 Å². The SMILES string of the molecule is CN=c1scc(-c2ccc(Cl)cc2Cl)n1N=Cc1cc(Br)ccc1O. The summed E-state index contributed by atoms with van der Waals surface area (Å²) in [6.45, 7) is 0. The van der Waals surface area contributed by atoms with E-state index in [1.54, 1.807) is 48.3 Å². The van der Waals surface area contributed by atoms with Crippen molar-refractivity contribution in [3.8, 4) is 17.0 Å². The first-order valence-electron chi connectivity index (χ1n) is 7.11. The minimum atomic E-state index is 0.142. The smallest absolute Gasteiger partial charge is 0.205 e. The van der Waals surface area contributed by atoms with Crippen LogP contribution in [0.5, 0.6) is 5.75 Å². The zero-order valence-electron chi connectivity index (χ0n) is 12.9. The summed E-state index contributed by atoms with van der Waals surface area (Å²) in [5.74, 6) is 0.142. The maximum absolute atomic E-state index is 9.97. The summed E-state index contributed by atoms with van der Waals surface area (Å²) in [4.78, 5) is 4.94. The topological polar surface area (TPSA) is 49.9 Å².